The van der Waals surface area contributed by atoms with Gasteiger partial charge in [0.15, 0.2) is 5.82 Å². The van der Waals surface area contributed by atoms with E-state index in [1.54, 1.807) is 0 Å². The van der Waals surface area contributed by atoms with Crippen LogP contribution >= 0.6 is 0 Å². The Morgan fingerprint density at radius 1 is 0.476 bits per heavy atom. The Balaban J connectivity index is 0.000000160. The van der Waals surface area contributed by atoms with Gasteiger partial charge in [0, 0.05) is 55.0 Å². The van der Waals surface area contributed by atoms with E-state index in [9.17, 15) is 0 Å². The van der Waals surface area contributed by atoms with Crippen LogP contribution in [-0.4, -0.2) is 19.5 Å². The normalized spacial score (nSPS) is 11.7. The van der Waals surface area contributed by atoms with Gasteiger partial charge >= 0.3 is 0 Å². The standard InChI is InChI=1S/C34H23N3.C25H21N/c1-3-10-23(11-4-1)31-22-32(24-12-5-2-6-13-24)37-34(36-31)27-15-9-14-25(20-27)26-18-19-29-28-16-7-8-17-30(28)35-33(29)21-26;1-3-10-19(11-4-2)20-16-17-23-22-14-8-9-15-24(22)26(25(23)18-20)21-12-6-5-7-13-21/h1-22,35H;3-18H,1H2,2H3/b;11-4-,19-10+. The molecule has 0 saturated carbocycles. The highest BCUT2D eigenvalue weighted by molar-refractivity contribution is 6.10. The first-order valence-electron chi connectivity index (χ1n) is 21.3. The van der Waals surface area contributed by atoms with E-state index >= 15 is 0 Å². The van der Waals surface area contributed by atoms with E-state index in [2.05, 4.69) is 204 Å². The Bertz CT molecular complexity index is 3410. The van der Waals surface area contributed by atoms with Crippen molar-refractivity contribution in [2.45, 2.75) is 6.92 Å². The number of hydrogen-bond acceptors (Lipinski definition) is 2. The molecule has 11 rings (SSSR count). The lowest BCUT2D eigenvalue weighted by atomic mass is 10.0. The Kier molecular flexibility index (Phi) is 10.7. The number of nitrogens with zero attached hydrogens (tertiary/aromatic N) is 3. The summed E-state index contributed by atoms with van der Waals surface area (Å²) in [5, 5.41) is 5.03. The fourth-order valence-electron chi connectivity index (χ4n) is 8.52. The highest BCUT2D eigenvalue weighted by Crippen LogP contribution is 2.35. The summed E-state index contributed by atoms with van der Waals surface area (Å²) in [6.07, 6.45) is 8.08. The maximum Gasteiger partial charge on any atom is 0.160 e. The van der Waals surface area contributed by atoms with E-state index in [0.717, 1.165) is 55.8 Å². The van der Waals surface area contributed by atoms with Crippen LogP contribution in [0, 0.1) is 0 Å². The number of allylic oxidation sites excluding steroid dienone is 5. The molecule has 3 aromatic heterocycles. The summed E-state index contributed by atoms with van der Waals surface area (Å²) in [6, 6.07) is 72.0. The molecule has 0 aliphatic rings. The number of aromatic nitrogens is 4. The minimum atomic E-state index is 0.716. The van der Waals surface area contributed by atoms with Crippen LogP contribution in [-0.2, 0) is 0 Å². The molecule has 0 radical (unpaired) electrons. The van der Waals surface area contributed by atoms with Crippen molar-refractivity contribution in [3.8, 4) is 50.7 Å². The monoisotopic (exact) mass is 808 g/mol. The molecule has 0 aliphatic carbocycles. The number of rotatable bonds is 8. The van der Waals surface area contributed by atoms with E-state index in [4.69, 9.17) is 9.97 Å². The van der Waals surface area contributed by atoms with Crippen molar-refractivity contribution in [1.29, 1.82) is 0 Å². The van der Waals surface area contributed by atoms with Crippen LogP contribution in [0.3, 0.4) is 0 Å². The van der Waals surface area contributed by atoms with Crippen LogP contribution in [0.25, 0.3) is 99.9 Å². The van der Waals surface area contributed by atoms with Gasteiger partial charge in [0.25, 0.3) is 0 Å². The van der Waals surface area contributed by atoms with Crippen LogP contribution in [0.1, 0.15) is 12.5 Å². The number of H-pyrrole nitrogens is 1. The van der Waals surface area contributed by atoms with E-state index in [0.29, 0.717) is 5.82 Å². The number of benzene rings is 8. The maximum atomic E-state index is 5.00. The Morgan fingerprint density at radius 2 is 1.05 bits per heavy atom. The zero-order valence-electron chi connectivity index (χ0n) is 35.0. The summed E-state index contributed by atoms with van der Waals surface area (Å²) in [5.41, 5.74) is 15.5. The first-order valence-corrected chi connectivity index (χ1v) is 21.3. The lowest BCUT2D eigenvalue weighted by Gasteiger charge is -2.10. The minimum Gasteiger partial charge on any atom is -0.354 e. The summed E-state index contributed by atoms with van der Waals surface area (Å²) < 4.78 is 2.34. The van der Waals surface area contributed by atoms with Gasteiger partial charge in [-0.15, -0.1) is 0 Å². The van der Waals surface area contributed by atoms with Crippen molar-refractivity contribution < 1.29 is 0 Å². The summed E-state index contributed by atoms with van der Waals surface area (Å²) in [6.45, 7) is 5.89. The van der Waals surface area contributed by atoms with E-state index in [-0.39, 0.29) is 0 Å². The zero-order chi connectivity index (χ0) is 42.5. The molecule has 0 spiro atoms. The highest BCUT2D eigenvalue weighted by atomic mass is 15.0. The van der Waals surface area contributed by atoms with Gasteiger partial charge in [-0.25, -0.2) is 9.97 Å². The average Bonchev–Trinajstić information content (AvgIpc) is 3.90. The third kappa shape index (κ3) is 7.78. The summed E-state index contributed by atoms with van der Waals surface area (Å²) in [5.74, 6) is 0.716. The summed E-state index contributed by atoms with van der Waals surface area (Å²) in [4.78, 5) is 13.6. The largest absolute Gasteiger partial charge is 0.354 e. The van der Waals surface area contributed by atoms with Crippen molar-refractivity contribution in [1.82, 2.24) is 19.5 Å². The second-order valence-corrected chi connectivity index (χ2v) is 15.5. The number of para-hydroxylation sites is 3. The molecule has 3 heterocycles. The van der Waals surface area contributed by atoms with E-state index < -0.39 is 0 Å². The molecule has 63 heavy (non-hydrogen) atoms. The SMILES string of the molecule is C=C/C=C(\C=C/C)c1ccc2c3ccccc3n(-c3ccccc3)c2c1.c1ccc(-c2cc(-c3ccccc3)nc(-c3cccc(-c4ccc5c(c4)[nH]c4ccccc45)c3)n2)cc1. The van der Waals surface area contributed by atoms with Gasteiger partial charge in [0.05, 0.1) is 22.4 Å². The van der Waals surface area contributed by atoms with Crippen molar-refractivity contribution >= 4 is 49.2 Å². The number of nitrogens with one attached hydrogen (secondary N) is 1. The fourth-order valence-corrected chi connectivity index (χ4v) is 8.52. The van der Waals surface area contributed by atoms with Crippen LogP contribution in [0.5, 0.6) is 0 Å². The molecular weight excluding hydrogens is 765 g/mol. The van der Waals surface area contributed by atoms with E-state index in [1.165, 1.54) is 43.8 Å². The molecule has 4 heteroatoms. The number of fused-ring (bicyclic) bond motifs is 6. The fraction of sp³-hybridized carbons (Fsp3) is 0.0169. The number of hydrogen-bond donors (Lipinski definition) is 1. The molecular formula is C59H44N4. The molecule has 11 aromatic rings. The first-order chi connectivity index (χ1) is 31.1. The van der Waals surface area contributed by atoms with Gasteiger partial charge in [-0.2, -0.15) is 0 Å². The molecule has 0 saturated heterocycles. The second kappa shape index (κ2) is 17.3. The predicted octanol–water partition coefficient (Wildman–Crippen LogP) is 15.7. The highest BCUT2D eigenvalue weighted by Gasteiger charge is 2.14. The minimum absolute atomic E-state index is 0.716. The molecule has 4 nitrogen and oxygen atoms in total. The summed E-state index contributed by atoms with van der Waals surface area (Å²) >= 11 is 0. The van der Waals surface area contributed by atoms with Crippen molar-refractivity contribution in [3.05, 3.63) is 243 Å². The quantitative estimate of drug-likeness (QED) is 0.155. The Morgan fingerprint density at radius 3 is 1.76 bits per heavy atom. The van der Waals surface area contributed by atoms with Crippen LogP contribution in [0.4, 0.5) is 0 Å². The molecule has 0 fully saturated rings. The average molecular weight is 809 g/mol. The first kappa shape index (κ1) is 38.8. The van der Waals surface area contributed by atoms with Gasteiger partial charge in [0.1, 0.15) is 0 Å². The maximum absolute atomic E-state index is 5.00. The van der Waals surface area contributed by atoms with Crippen LogP contribution < -0.4 is 0 Å². The molecule has 0 unspecified atom stereocenters. The molecule has 8 aromatic carbocycles. The second-order valence-electron chi connectivity index (χ2n) is 15.5. The van der Waals surface area contributed by atoms with Gasteiger partial charge in [-0.05, 0) is 77.7 Å². The van der Waals surface area contributed by atoms with Gasteiger partial charge < -0.3 is 9.55 Å². The molecule has 0 atom stereocenters. The smallest absolute Gasteiger partial charge is 0.160 e. The topological polar surface area (TPSA) is 46.5 Å². The molecule has 1 N–H and O–H groups in total. The van der Waals surface area contributed by atoms with Crippen molar-refractivity contribution in [3.63, 3.8) is 0 Å². The van der Waals surface area contributed by atoms with Crippen LogP contribution in [0.2, 0.25) is 0 Å². The lowest BCUT2D eigenvalue weighted by molar-refractivity contribution is 1.18. The van der Waals surface area contributed by atoms with E-state index in [1.807, 2.05) is 49.4 Å². The Labute approximate surface area is 367 Å². The predicted molar refractivity (Wildman–Crippen MR) is 267 cm³/mol. The lowest BCUT2D eigenvalue weighted by Crippen LogP contribution is -1.96. The summed E-state index contributed by atoms with van der Waals surface area (Å²) in [7, 11) is 0. The van der Waals surface area contributed by atoms with Crippen molar-refractivity contribution in [2.75, 3.05) is 0 Å². The molecule has 0 aliphatic heterocycles. The van der Waals surface area contributed by atoms with Crippen LogP contribution in [0.15, 0.2) is 237 Å². The molecule has 0 bridgehead atoms. The third-order valence-electron chi connectivity index (χ3n) is 11.5. The zero-order valence-corrected chi connectivity index (χ0v) is 35.0. The molecule has 0 amide bonds. The molecule has 300 valence electrons. The van der Waals surface area contributed by atoms with Gasteiger partial charge in [-0.3, -0.25) is 0 Å². The Hall–Kier alpha value is -8.34. The van der Waals surface area contributed by atoms with Gasteiger partial charge in [-0.1, -0.05) is 189 Å². The van der Waals surface area contributed by atoms with Gasteiger partial charge in [0.2, 0.25) is 0 Å². The number of aromatic amines is 1. The van der Waals surface area contributed by atoms with Crippen molar-refractivity contribution in [2.24, 2.45) is 0 Å². The third-order valence-corrected chi connectivity index (χ3v) is 11.5.